The van der Waals surface area contributed by atoms with Gasteiger partial charge in [-0.25, -0.2) is 9.40 Å². The number of carbonyl (C=O) groups excluding carboxylic acids is 1. The summed E-state index contributed by atoms with van der Waals surface area (Å²) in [6.45, 7) is 4.38. The number of hydrazone groups is 1. The second-order valence-corrected chi connectivity index (χ2v) is 7.76. The second kappa shape index (κ2) is 8.23. The van der Waals surface area contributed by atoms with Gasteiger partial charge in [-0.15, -0.1) is 0 Å². The van der Waals surface area contributed by atoms with Crippen LogP contribution in [0.5, 0.6) is 0 Å². The maximum absolute atomic E-state index is 13.4. The maximum atomic E-state index is 13.4. The largest absolute Gasteiger partial charge is 0.294 e. The predicted octanol–water partition coefficient (Wildman–Crippen LogP) is 4.30. The van der Waals surface area contributed by atoms with E-state index in [2.05, 4.69) is 36.1 Å². The Morgan fingerprint density at radius 2 is 1.71 bits per heavy atom. The third-order valence-corrected chi connectivity index (χ3v) is 5.61. The molecule has 0 aromatic heterocycles. The number of benzene rings is 2. The molecule has 4 nitrogen and oxygen atoms in total. The van der Waals surface area contributed by atoms with E-state index in [9.17, 15) is 9.18 Å². The molecule has 0 N–H and O–H groups in total. The van der Waals surface area contributed by atoms with Gasteiger partial charge in [-0.2, -0.15) is 5.10 Å². The third kappa shape index (κ3) is 4.14. The van der Waals surface area contributed by atoms with Crippen molar-refractivity contribution in [2.75, 3.05) is 19.6 Å². The van der Waals surface area contributed by atoms with Gasteiger partial charge in [-0.3, -0.25) is 9.69 Å². The molecule has 0 aliphatic carbocycles. The normalized spacial score (nSPS) is 20.3. The molecule has 0 bridgehead atoms. The Labute approximate surface area is 165 Å². The number of rotatable bonds is 4. The highest BCUT2D eigenvalue weighted by Crippen LogP contribution is 2.33. The van der Waals surface area contributed by atoms with Crippen molar-refractivity contribution in [3.63, 3.8) is 0 Å². The number of hydrogen-bond acceptors (Lipinski definition) is 3. The van der Waals surface area contributed by atoms with Gasteiger partial charge in [0.2, 0.25) is 0 Å². The van der Waals surface area contributed by atoms with Crippen LogP contribution in [0.3, 0.4) is 0 Å². The Hall–Kier alpha value is -2.53. The van der Waals surface area contributed by atoms with Crippen LogP contribution >= 0.6 is 0 Å². The lowest BCUT2D eigenvalue weighted by Gasteiger charge is -2.29. The van der Waals surface area contributed by atoms with E-state index >= 15 is 0 Å². The molecule has 2 heterocycles. The van der Waals surface area contributed by atoms with Gasteiger partial charge in [0, 0.05) is 6.42 Å². The standard InChI is InChI=1S/C23H26FN3O/c1-17-5-7-18(8-6-17)21-15-22(19-9-11-20(24)12-10-19)27(25-21)23(28)16-26-13-3-2-4-14-26/h5-12,22H,2-4,13-16H2,1H3/t22-/m1/s1. The van der Waals surface area contributed by atoms with Gasteiger partial charge in [0.1, 0.15) is 5.82 Å². The van der Waals surface area contributed by atoms with Gasteiger partial charge < -0.3 is 0 Å². The Balaban J connectivity index is 1.59. The van der Waals surface area contributed by atoms with Crippen molar-refractivity contribution in [2.45, 2.75) is 38.6 Å². The molecule has 1 amide bonds. The van der Waals surface area contributed by atoms with Crippen LogP contribution in [0.4, 0.5) is 4.39 Å². The number of piperidine rings is 1. The first-order valence-corrected chi connectivity index (χ1v) is 10.0. The van der Waals surface area contributed by atoms with Crippen LogP contribution < -0.4 is 0 Å². The van der Waals surface area contributed by atoms with E-state index in [-0.39, 0.29) is 17.8 Å². The molecule has 2 aromatic carbocycles. The van der Waals surface area contributed by atoms with Crippen LogP contribution in [0.2, 0.25) is 0 Å². The number of amides is 1. The first-order chi connectivity index (χ1) is 13.6. The predicted molar refractivity (Wildman–Crippen MR) is 109 cm³/mol. The second-order valence-electron chi connectivity index (χ2n) is 7.76. The van der Waals surface area contributed by atoms with Crippen molar-refractivity contribution < 1.29 is 9.18 Å². The summed E-state index contributed by atoms with van der Waals surface area (Å²) in [6.07, 6.45) is 4.17. The summed E-state index contributed by atoms with van der Waals surface area (Å²) in [5, 5.41) is 6.34. The van der Waals surface area contributed by atoms with E-state index in [4.69, 9.17) is 5.10 Å². The minimum atomic E-state index is -0.271. The van der Waals surface area contributed by atoms with Crippen LogP contribution in [-0.2, 0) is 4.79 Å². The molecule has 1 saturated heterocycles. The summed E-state index contributed by atoms with van der Waals surface area (Å²) in [4.78, 5) is 15.3. The number of hydrogen-bond donors (Lipinski definition) is 0. The van der Waals surface area contributed by atoms with Crippen molar-refractivity contribution in [3.8, 4) is 0 Å². The Morgan fingerprint density at radius 1 is 1.04 bits per heavy atom. The van der Waals surface area contributed by atoms with E-state index in [1.165, 1.54) is 24.1 Å². The summed E-state index contributed by atoms with van der Waals surface area (Å²) in [5.74, 6) is -0.258. The average molecular weight is 379 g/mol. The molecule has 0 unspecified atom stereocenters. The molecule has 0 spiro atoms. The molecular formula is C23H26FN3O. The lowest BCUT2D eigenvalue weighted by molar-refractivity contribution is -0.134. The van der Waals surface area contributed by atoms with Crippen molar-refractivity contribution in [1.29, 1.82) is 0 Å². The van der Waals surface area contributed by atoms with E-state index in [0.717, 1.165) is 42.8 Å². The number of likely N-dealkylation sites (tertiary alicyclic amines) is 1. The zero-order chi connectivity index (χ0) is 19.5. The van der Waals surface area contributed by atoms with Crippen LogP contribution in [0.15, 0.2) is 53.6 Å². The minimum absolute atomic E-state index is 0.0123. The van der Waals surface area contributed by atoms with Gasteiger partial charge in [0.25, 0.3) is 5.91 Å². The van der Waals surface area contributed by atoms with Crippen molar-refractivity contribution in [2.24, 2.45) is 5.10 Å². The first-order valence-electron chi connectivity index (χ1n) is 10.0. The monoisotopic (exact) mass is 379 g/mol. The summed E-state index contributed by atoms with van der Waals surface area (Å²) in [6, 6.07) is 14.5. The molecule has 2 aliphatic rings. The van der Waals surface area contributed by atoms with Gasteiger partial charge in [-0.1, -0.05) is 48.4 Å². The molecular weight excluding hydrogens is 353 g/mol. The van der Waals surface area contributed by atoms with E-state index in [1.807, 2.05) is 0 Å². The van der Waals surface area contributed by atoms with Crippen LogP contribution in [0.25, 0.3) is 0 Å². The molecule has 28 heavy (non-hydrogen) atoms. The molecule has 5 heteroatoms. The van der Waals surface area contributed by atoms with Gasteiger partial charge >= 0.3 is 0 Å². The average Bonchev–Trinajstić information content (AvgIpc) is 3.15. The van der Waals surface area contributed by atoms with E-state index < -0.39 is 0 Å². The Kier molecular flexibility index (Phi) is 5.53. The fraction of sp³-hybridized carbons (Fsp3) is 0.391. The zero-order valence-corrected chi connectivity index (χ0v) is 16.3. The SMILES string of the molecule is Cc1ccc(C2=NN(C(=O)CN3CCCCC3)[C@@H](c3ccc(F)cc3)C2)cc1. The fourth-order valence-corrected chi connectivity index (χ4v) is 3.99. The van der Waals surface area contributed by atoms with E-state index in [0.29, 0.717) is 13.0 Å². The molecule has 0 radical (unpaired) electrons. The summed E-state index contributed by atoms with van der Waals surface area (Å²) >= 11 is 0. The Morgan fingerprint density at radius 3 is 2.39 bits per heavy atom. The van der Waals surface area contributed by atoms with Gasteiger partial charge in [0.15, 0.2) is 0 Å². The molecule has 1 fully saturated rings. The molecule has 0 saturated carbocycles. The minimum Gasteiger partial charge on any atom is -0.294 e. The van der Waals surface area contributed by atoms with Crippen molar-refractivity contribution in [3.05, 3.63) is 71.0 Å². The number of halogens is 1. The zero-order valence-electron chi connectivity index (χ0n) is 16.3. The first kappa shape index (κ1) is 18.8. The maximum Gasteiger partial charge on any atom is 0.257 e. The molecule has 146 valence electrons. The third-order valence-electron chi connectivity index (χ3n) is 5.61. The van der Waals surface area contributed by atoms with Gasteiger partial charge in [-0.05, 0) is 56.1 Å². The summed E-state index contributed by atoms with van der Waals surface area (Å²) in [5.41, 5.74) is 4.04. The highest BCUT2D eigenvalue weighted by atomic mass is 19.1. The van der Waals surface area contributed by atoms with Crippen molar-refractivity contribution >= 4 is 11.6 Å². The van der Waals surface area contributed by atoms with Gasteiger partial charge in [0.05, 0.1) is 18.3 Å². The lowest BCUT2D eigenvalue weighted by Crippen LogP contribution is -2.40. The van der Waals surface area contributed by atoms with Crippen molar-refractivity contribution in [1.82, 2.24) is 9.91 Å². The summed E-state index contributed by atoms with van der Waals surface area (Å²) < 4.78 is 13.4. The molecule has 2 aromatic rings. The highest BCUT2D eigenvalue weighted by Gasteiger charge is 2.33. The molecule has 2 aliphatic heterocycles. The van der Waals surface area contributed by atoms with Crippen LogP contribution in [0.1, 0.15) is 48.4 Å². The molecule has 1 atom stereocenters. The number of nitrogens with zero attached hydrogens (tertiary/aromatic N) is 3. The topological polar surface area (TPSA) is 35.9 Å². The highest BCUT2D eigenvalue weighted by molar-refractivity contribution is 6.03. The fourth-order valence-electron chi connectivity index (χ4n) is 3.99. The summed E-state index contributed by atoms with van der Waals surface area (Å²) in [7, 11) is 0. The van der Waals surface area contributed by atoms with Crippen LogP contribution in [0, 0.1) is 12.7 Å². The Bertz CT molecular complexity index is 854. The number of carbonyl (C=O) groups is 1. The van der Waals surface area contributed by atoms with Crippen LogP contribution in [-0.4, -0.2) is 41.2 Å². The number of aryl methyl sites for hydroxylation is 1. The smallest absolute Gasteiger partial charge is 0.257 e. The quantitative estimate of drug-likeness (QED) is 0.794. The van der Waals surface area contributed by atoms with E-state index in [1.54, 1.807) is 17.1 Å². The molecule has 4 rings (SSSR count). The lowest BCUT2D eigenvalue weighted by atomic mass is 9.98.